The van der Waals surface area contributed by atoms with E-state index in [0.717, 1.165) is 17.7 Å². The molecular weight excluding hydrogens is 431 g/mol. The van der Waals surface area contributed by atoms with Crippen LogP contribution in [0.1, 0.15) is 11.1 Å². The summed E-state index contributed by atoms with van der Waals surface area (Å²) in [6, 6.07) is 19.8. The van der Waals surface area contributed by atoms with Crippen molar-refractivity contribution in [3.63, 3.8) is 0 Å². The lowest BCUT2D eigenvalue weighted by atomic mass is 9.94. The molecule has 4 aromatic carbocycles. The van der Waals surface area contributed by atoms with Crippen LogP contribution >= 0.6 is 0 Å². The first-order valence-corrected chi connectivity index (χ1v) is 10.1. The van der Waals surface area contributed by atoms with E-state index in [9.17, 15) is 13.2 Å². The van der Waals surface area contributed by atoms with E-state index in [0.29, 0.717) is 51.4 Å². The fraction of sp³-hybridized carbons (Fsp3) is 0.154. The van der Waals surface area contributed by atoms with E-state index in [1.807, 2.05) is 30.3 Å². The minimum Gasteiger partial charge on any atom is -0.493 e. The van der Waals surface area contributed by atoms with Gasteiger partial charge in [-0.05, 0) is 40.8 Å². The molecule has 0 saturated carbocycles. The monoisotopic (exact) mass is 453 g/mol. The maximum Gasteiger partial charge on any atom is 0.416 e. The van der Waals surface area contributed by atoms with E-state index in [4.69, 9.17) is 19.9 Å². The highest BCUT2D eigenvalue weighted by Gasteiger charge is 2.30. The van der Waals surface area contributed by atoms with Crippen LogP contribution < -0.4 is 19.9 Å². The van der Waals surface area contributed by atoms with Crippen molar-refractivity contribution in [3.8, 4) is 28.4 Å². The van der Waals surface area contributed by atoms with Crippen molar-refractivity contribution in [1.29, 1.82) is 0 Å². The Morgan fingerprint density at radius 1 is 0.758 bits per heavy atom. The normalized spacial score (nSPS) is 11.4. The van der Waals surface area contributed by atoms with Crippen LogP contribution in [0.15, 0.2) is 72.8 Å². The first-order valence-electron chi connectivity index (χ1n) is 10.1. The third kappa shape index (κ3) is 4.53. The summed E-state index contributed by atoms with van der Waals surface area (Å²) >= 11 is 0. The Kier molecular flexibility index (Phi) is 6.05. The first kappa shape index (κ1) is 22.3. The van der Waals surface area contributed by atoms with Crippen molar-refractivity contribution in [2.45, 2.75) is 12.8 Å². The number of ether oxygens (including phenoxy) is 3. The predicted molar refractivity (Wildman–Crippen MR) is 123 cm³/mol. The molecule has 2 N–H and O–H groups in total. The lowest BCUT2D eigenvalue weighted by Crippen LogP contribution is -2.04. The van der Waals surface area contributed by atoms with Gasteiger partial charge in [-0.3, -0.25) is 0 Å². The topological polar surface area (TPSA) is 53.7 Å². The molecule has 0 bridgehead atoms. The van der Waals surface area contributed by atoms with Gasteiger partial charge < -0.3 is 19.9 Å². The van der Waals surface area contributed by atoms with Crippen molar-refractivity contribution >= 4 is 16.5 Å². The number of fused-ring (bicyclic) bond motifs is 1. The van der Waals surface area contributed by atoms with Crippen molar-refractivity contribution in [1.82, 2.24) is 0 Å². The lowest BCUT2D eigenvalue weighted by molar-refractivity contribution is -0.137. The van der Waals surface area contributed by atoms with E-state index >= 15 is 0 Å². The second kappa shape index (κ2) is 8.94. The molecule has 0 atom stereocenters. The zero-order valence-corrected chi connectivity index (χ0v) is 18.1. The predicted octanol–water partition coefficient (Wildman–Crippen LogP) is 6.70. The minimum atomic E-state index is -4.42. The molecule has 0 aliphatic rings. The number of nitrogen functional groups attached to an aromatic ring is 1. The maximum atomic E-state index is 13.0. The van der Waals surface area contributed by atoms with Gasteiger partial charge >= 0.3 is 6.18 Å². The van der Waals surface area contributed by atoms with Gasteiger partial charge in [0.1, 0.15) is 12.4 Å². The molecule has 4 nitrogen and oxygen atoms in total. The molecule has 0 aliphatic heterocycles. The molecule has 33 heavy (non-hydrogen) atoms. The van der Waals surface area contributed by atoms with E-state index in [2.05, 4.69) is 0 Å². The summed E-state index contributed by atoms with van der Waals surface area (Å²) < 4.78 is 56.1. The van der Waals surface area contributed by atoms with Crippen LogP contribution in [0.25, 0.3) is 21.9 Å². The SMILES string of the molecule is COc1cc2c(OCc3ccccc3)cc(N)c(-c3ccc(C(F)(F)F)cc3)c2cc1OC. The van der Waals surface area contributed by atoms with Gasteiger partial charge in [-0.1, -0.05) is 42.5 Å². The number of anilines is 1. The molecule has 0 aliphatic carbocycles. The van der Waals surface area contributed by atoms with Crippen LogP contribution in [0, 0.1) is 0 Å². The van der Waals surface area contributed by atoms with Crippen LogP contribution in [0.2, 0.25) is 0 Å². The van der Waals surface area contributed by atoms with Crippen molar-refractivity contribution in [2.24, 2.45) is 0 Å². The van der Waals surface area contributed by atoms with Crippen LogP contribution in [-0.4, -0.2) is 14.2 Å². The van der Waals surface area contributed by atoms with Gasteiger partial charge in [0, 0.05) is 22.7 Å². The Morgan fingerprint density at radius 3 is 1.94 bits per heavy atom. The van der Waals surface area contributed by atoms with E-state index in [1.165, 1.54) is 26.4 Å². The van der Waals surface area contributed by atoms with Crippen molar-refractivity contribution < 1.29 is 27.4 Å². The molecular formula is C26H22F3NO3. The number of benzene rings is 4. The molecule has 0 aromatic heterocycles. The zero-order valence-electron chi connectivity index (χ0n) is 18.1. The van der Waals surface area contributed by atoms with Crippen LogP contribution in [0.4, 0.5) is 18.9 Å². The summed E-state index contributed by atoms with van der Waals surface area (Å²) in [4.78, 5) is 0. The lowest BCUT2D eigenvalue weighted by Gasteiger charge is -2.18. The second-order valence-electron chi connectivity index (χ2n) is 7.44. The molecule has 4 aromatic rings. The zero-order chi connectivity index (χ0) is 23.6. The number of nitrogens with two attached hydrogens (primary N) is 1. The Balaban J connectivity index is 1.87. The number of rotatable bonds is 6. The third-order valence-electron chi connectivity index (χ3n) is 5.37. The largest absolute Gasteiger partial charge is 0.493 e. The third-order valence-corrected chi connectivity index (χ3v) is 5.37. The highest BCUT2D eigenvalue weighted by Crippen LogP contribution is 2.44. The molecule has 0 fully saturated rings. The number of hydrogen-bond acceptors (Lipinski definition) is 4. The van der Waals surface area contributed by atoms with Crippen LogP contribution in [0.5, 0.6) is 17.2 Å². The van der Waals surface area contributed by atoms with Crippen LogP contribution in [-0.2, 0) is 12.8 Å². The van der Waals surface area contributed by atoms with E-state index < -0.39 is 11.7 Å². The quantitative estimate of drug-likeness (QED) is 0.330. The molecule has 0 heterocycles. The van der Waals surface area contributed by atoms with Gasteiger partial charge in [-0.2, -0.15) is 13.2 Å². The summed E-state index contributed by atoms with van der Waals surface area (Å²) in [5.74, 6) is 1.50. The second-order valence-corrected chi connectivity index (χ2v) is 7.44. The Labute approximate surface area is 189 Å². The fourth-order valence-electron chi connectivity index (χ4n) is 3.74. The van der Waals surface area contributed by atoms with Gasteiger partial charge in [-0.15, -0.1) is 0 Å². The fourth-order valence-corrected chi connectivity index (χ4v) is 3.74. The van der Waals surface area contributed by atoms with Gasteiger partial charge in [-0.25, -0.2) is 0 Å². The maximum absolute atomic E-state index is 13.0. The van der Waals surface area contributed by atoms with E-state index in [-0.39, 0.29) is 0 Å². The van der Waals surface area contributed by atoms with Gasteiger partial charge in [0.2, 0.25) is 0 Å². The number of halogens is 3. The summed E-state index contributed by atoms with van der Waals surface area (Å²) in [5, 5.41) is 1.38. The molecule has 0 radical (unpaired) electrons. The Hall–Kier alpha value is -3.87. The first-order chi connectivity index (χ1) is 15.8. The summed E-state index contributed by atoms with van der Waals surface area (Å²) in [5.41, 5.74) is 8.17. The number of hydrogen-bond donors (Lipinski definition) is 1. The summed E-state index contributed by atoms with van der Waals surface area (Å²) in [6.45, 7) is 0.323. The molecule has 4 rings (SSSR count). The smallest absolute Gasteiger partial charge is 0.416 e. The average molecular weight is 453 g/mol. The number of methoxy groups -OCH3 is 2. The highest BCUT2D eigenvalue weighted by molar-refractivity contribution is 6.06. The van der Waals surface area contributed by atoms with Gasteiger partial charge in [0.15, 0.2) is 11.5 Å². The number of alkyl halides is 3. The van der Waals surface area contributed by atoms with Crippen molar-refractivity contribution in [3.05, 3.63) is 83.9 Å². The summed E-state index contributed by atoms with van der Waals surface area (Å²) in [7, 11) is 3.04. The van der Waals surface area contributed by atoms with Gasteiger partial charge in [0.05, 0.1) is 19.8 Å². The Bertz CT molecular complexity index is 1270. The van der Waals surface area contributed by atoms with Crippen LogP contribution in [0.3, 0.4) is 0 Å². The average Bonchev–Trinajstić information content (AvgIpc) is 2.82. The van der Waals surface area contributed by atoms with Crippen molar-refractivity contribution in [2.75, 3.05) is 20.0 Å². The highest BCUT2D eigenvalue weighted by atomic mass is 19.4. The van der Waals surface area contributed by atoms with Gasteiger partial charge in [0.25, 0.3) is 0 Å². The molecule has 7 heteroatoms. The Morgan fingerprint density at radius 2 is 1.36 bits per heavy atom. The molecule has 170 valence electrons. The minimum absolute atomic E-state index is 0.323. The van der Waals surface area contributed by atoms with E-state index in [1.54, 1.807) is 18.2 Å². The molecule has 0 amide bonds. The standard InChI is InChI=1S/C26H22F3NO3/c1-31-23-12-19-20(13-24(23)32-2)25(17-8-10-18(11-9-17)26(27,28)29)21(30)14-22(19)33-15-16-6-4-3-5-7-16/h3-14H,15,30H2,1-2H3. The summed E-state index contributed by atoms with van der Waals surface area (Å²) in [6.07, 6.45) is -4.42. The molecule has 0 saturated heterocycles. The molecule has 0 unspecified atom stereocenters. The molecule has 0 spiro atoms.